The normalized spacial score (nSPS) is 24.4. The minimum Gasteiger partial charge on any atom is -0.468 e. The predicted octanol–water partition coefficient (Wildman–Crippen LogP) is 5.64. The molecular formula is C42H44Cl2N4O7S. The van der Waals surface area contributed by atoms with Gasteiger partial charge in [0.2, 0.25) is 5.91 Å². The molecule has 0 aromatic heterocycles. The maximum atomic E-state index is 14.1. The molecule has 3 aromatic carbocycles. The zero-order chi connectivity index (χ0) is 39.5. The molecule has 14 heteroatoms. The monoisotopic (exact) mass is 818 g/mol. The van der Waals surface area contributed by atoms with E-state index in [2.05, 4.69) is 4.90 Å². The summed E-state index contributed by atoms with van der Waals surface area (Å²) >= 11 is 13.5. The van der Waals surface area contributed by atoms with Crippen molar-refractivity contribution in [1.29, 1.82) is 0 Å². The van der Waals surface area contributed by atoms with E-state index in [4.69, 9.17) is 37.7 Å². The lowest BCUT2D eigenvalue weighted by molar-refractivity contribution is -0.143. The Kier molecular flexibility index (Phi) is 12.4. The summed E-state index contributed by atoms with van der Waals surface area (Å²) in [6, 6.07) is 23.4. The minimum atomic E-state index is -1.64. The standard InChI is InChI=1S/C42H44Cl2N4O7S/c1-54-41(51)37-33(45-34(25-56(53)30-12-7-4-8-13-30)38(42(52)55-2)39(37)36-31(43)14-9-15-32(36)44)22-35(49)47-18-16-46(17-19-47)29-20-27-23-48(24-28(27)21-29)40(50)26-10-5-3-6-11-26/h3-15,27-29,38-39H,16-25H2,1-2H3/t27?,28?,29?,38?,39-,56?/m0/s1. The molecule has 1 aliphatic carbocycles. The minimum absolute atomic E-state index is 0.0311. The zero-order valence-corrected chi connectivity index (χ0v) is 33.6. The molecule has 3 aliphatic heterocycles. The van der Waals surface area contributed by atoms with Crippen molar-refractivity contribution in [2.24, 2.45) is 22.7 Å². The van der Waals surface area contributed by atoms with Crippen LogP contribution < -0.4 is 0 Å². The van der Waals surface area contributed by atoms with Gasteiger partial charge in [-0.05, 0) is 66.6 Å². The molecule has 3 fully saturated rings. The fourth-order valence-electron chi connectivity index (χ4n) is 8.85. The van der Waals surface area contributed by atoms with Gasteiger partial charge in [0.1, 0.15) is 5.92 Å². The lowest BCUT2D eigenvalue weighted by atomic mass is 9.75. The summed E-state index contributed by atoms with van der Waals surface area (Å²) in [7, 11) is 0.794. The van der Waals surface area contributed by atoms with Gasteiger partial charge in [-0.1, -0.05) is 65.7 Å². The average molecular weight is 820 g/mol. The van der Waals surface area contributed by atoms with E-state index in [1.807, 2.05) is 41.3 Å². The van der Waals surface area contributed by atoms with E-state index in [0.717, 1.165) is 31.5 Å². The third-order valence-electron chi connectivity index (χ3n) is 11.6. The van der Waals surface area contributed by atoms with Gasteiger partial charge in [-0.25, -0.2) is 4.79 Å². The first-order valence-corrected chi connectivity index (χ1v) is 20.9. The van der Waals surface area contributed by atoms with Gasteiger partial charge in [-0.3, -0.25) is 28.5 Å². The van der Waals surface area contributed by atoms with Crippen LogP contribution in [-0.4, -0.2) is 114 Å². The number of halogens is 2. The number of amides is 2. The van der Waals surface area contributed by atoms with Crippen LogP contribution in [0.2, 0.25) is 10.0 Å². The molecule has 0 spiro atoms. The van der Waals surface area contributed by atoms with Gasteiger partial charge in [0.25, 0.3) is 5.91 Å². The van der Waals surface area contributed by atoms with Crippen LogP contribution in [0, 0.1) is 17.8 Å². The number of carbonyl (C=O) groups excluding carboxylic acids is 4. The highest BCUT2D eigenvalue weighted by molar-refractivity contribution is 7.85. The van der Waals surface area contributed by atoms with Crippen molar-refractivity contribution in [3.05, 3.63) is 111 Å². The second kappa shape index (κ2) is 17.4. The van der Waals surface area contributed by atoms with E-state index in [9.17, 15) is 23.4 Å². The Morgan fingerprint density at radius 1 is 0.786 bits per heavy atom. The highest BCUT2D eigenvalue weighted by atomic mass is 35.5. The van der Waals surface area contributed by atoms with Crippen LogP contribution >= 0.6 is 23.2 Å². The number of nitrogens with zero attached hydrogens (tertiary/aromatic N) is 4. The van der Waals surface area contributed by atoms with E-state index in [1.54, 1.807) is 47.4 Å². The second-order valence-electron chi connectivity index (χ2n) is 14.7. The molecule has 2 saturated heterocycles. The number of aliphatic imine (C=N–C) groups is 1. The van der Waals surface area contributed by atoms with Gasteiger partial charge in [0.05, 0.1) is 48.5 Å². The Morgan fingerprint density at radius 2 is 1.39 bits per heavy atom. The first-order valence-electron chi connectivity index (χ1n) is 18.8. The first-order chi connectivity index (χ1) is 27.1. The SMILES string of the molecule is COC(=O)C1=C(CC(=O)N2CCN(C3CC4CN(C(=O)c5ccccc5)CC4C3)CC2)N=C(CS(=O)c2ccccc2)C(C(=O)OC)[C@H]1c1c(Cl)cccc1Cl. The topological polar surface area (TPSA) is 126 Å². The summed E-state index contributed by atoms with van der Waals surface area (Å²) in [5, 5.41) is 0.383. The van der Waals surface area contributed by atoms with Crippen LogP contribution in [0.4, 0.5) is 0 Å². The maximum Gasteiger partial charge on any atom is 0.336 e. The first kappa shape index (κ1) is 39.9. The van der Waals surface area contributed by atoms with Crippen molar-refractivity contribution in [2.45, 2.75) is 36.1 Å². The molecule has 3 heterocycles. The number of rotatable bonds is 10. The van der Waals surface area contributed by atoms with E-state index in [-0.39, 0.29) is 56.6 Å². The van der Waals surface area contributed by atoms with E-state index >= 15 is 0 Å². The second-order valence-corrected chi connectivity index (χ2v) is 17.0. The van der Waals surface area contributed by atoms with Crippen molar-refractivity contribution >= 4 is 63.5 Å². The molecule has 56 heavy (non-hydrogen) atoms. The molecule has 4 aliphatic rings. The third-order valence-corrected chi connectivity index (χ3v) is 13.6. The molecule has 0 radical (unpaired) electrons. The lowest BCUT2D eigenvalue weighted by Gasteiger charge is -2.39. The average Bonchev–Trinajstić information content (AvgIpc) is 3.81. The molecule has 1 saturated carbocycles. The number of methoxy groups -OCH3 is 2. The number of likely N-dealkylation sites (tertiary alicyclic amines) is 1. The van der Waals surface area contributed by atoms with Crippen LogP contribution in [0.15, 0.2) is 100 Å². The summed E-state index contributed by atoms with van der Waals surface area (Å²) in [6.45, 7) is 3.90. The quantitative estimate of drug-likeness (QED) is 0.241. The maximum absolute atomic E-state index is 14.1. The molecule has 0 bridgehead atoms. The van der Waals surface area contributed by atoms with Crippen LogP contribution in [0.1, 0.15) is 41.1 Å². The Hall–Kier alpha value is -4.36. The van der Waals surface area contributed by atoms with Crippen molar-refractivity contribution < 1.29 is 32.9 Å². The van der Waals surface area contributed by atoms with Gasteiger partial charge in [-0.15, -0.1) is 0 Å². The molecule has 294 valence electrons. The van der Waals surface area contributed by atoms with Crippen molar-refractivity contribution in [2.75, 3.05) is 59.2 Å². The van der Waals surface area contributed by atoms with Gasteiger partial charge < -0.3 is 19.3 Å². The summed E-state index contributed by atoms with van der Waals surface area (Å²) < 4.78 is 24.2. The number of esters is 2. The number of hydrogen-bond acceptors (Lipinski definition) is 9. The molecule has 4 unspecified atom stereocenters. The van der Waals surface area contributed by atoms with E-state index < -0.39 is 34.6 Å². The molecule has 7 rings (SSSR count). The fraction of sp³-hybridized carbons (Fsp3) is 0.405. The van der Waals surface area contributed by atoms with Gasteiger partial charge in [0, 0.05) is 77.4 Å². The highest BCUT2D eigenvalue weighted by Gasteiger charge is 2.47. The van der Waals surface area contributed by atoms with Crippen molar-refractivity contribution in [3.8, 4) is 0 Å². The van der Waals surface area contributed by atoms with Gasteiger partial charge in [0.15, 0.2) is 0 Å². The van der Waals surface area contributed by atoms with Crippen LogP contribution in [-0.2, 0) is 34.7 Å². The Morgan fingerprint density at radius 3 is 1.98 bits per heavy atom. The van der Waals surface area contributed by atoms with Crippen molar-refractivity contribution in [3.63, 3.8) is 0 Å². The number of benzene rings is 3. The molecule has 5 atom stereocenters. The van der Waals surface area contributed by atoms with Crippen LogP contribution in [0.3, 0.4) is 0 Å². The van der Waals surface area contributed by atoms with E-state index in [0.29, 0.717) is 49.0 Å². The smallest absolute Gasteiger partial charge is 0.336 e. The Bertz CT molecular complexity index is 2040. The molecular weight excluding hydrogens is 775 g/mol. The predicted molar refractivity (Wildman–Crippen MR) is 214 cm³/mol. The summed E-state index contributed by atoms with van der Waals surface area (Å²) in [5.41, 5.74) is 1.25. The molecule has 2 amide bonds. The van der Waals surface area contributed by atoms with Crippen LogP contribution in [0.5, 0.6) is 0 Å². The third kappa shape index (κ3) is 8.20. The summed E-state index contributed by atoms with van der Waals surface area (Å²) in [4.78, 5) is 66.2. The highest BCUT2D eigenvalue weighted by Crippen LogP contribution is 2.46. The van der Waals surface area contributed by atoms with E-state index in [1.165, 1.54) is 14.2 Å². The number of carbonyl (C=O) groups is 4. The Labute approximate surface area is 339 Å². The number of hydrogen-bond donors (Lipinski definition) is 0. The molecule has 11 nitrogen and oxygen atoms in total. The number of piperazine rings is 1. The van der Waals surface area contributed by atoms with Crippen molar-refractivity contribution in [1.82, 2.24) is 14.7 Å². The van der Waals surface area contributed by atoms with Crippen LogP contribution in [0.25, 0.3) is 0 Å². The largest absolute Gasteiger partial charge is 0.468 e. The summed E-state index contributed by atoms with van der Waals surface area (Å²) in [5.74, 6) is -3.32. The number of fused-ring (bicyclic) bond motifs is 1. The van der Waals surface area contributed by atoms with Gasteiger partial charge in [-0.2, -0.15) is 0 Å². The van der Waals surface area contributed by atoms with Gasteiger partial charge >= 0.3 is 11.9 Å². The summed E-state index contributed by atoms with van der Waals surface area (Å²) in [6.07, 6.45) is 1.76. The zero-order valence-electron chi connectivity index (χ0n) is 31.3. The number of ether oxygens (including phenoxy) is 2. The fourth-order valence-corrected chi connectivity index (χ4v) is 10.6. The Balaban J connectivity index is 1.10. The molecule has 0 N–H and O–H groups in total. The lowest BCUT2D eigenvalue weighted by Crippen LogP contribution is -2.52. The molecule has 3 aromatic rings.